The monoisotopic (exact) mass is 387 g/mol. The van der Waals surface area contributed by atoms with Gasteiger partial charge in [-0.05, 0) is 42.3 Å². The van der Waals surface area contributed by atoms with Crippen molar-refractivity contribution in [3.63, 3.8) is 0 Å². The third-order valence-corrected chi connectivity index (χ3v) is 5.11. The third kappa shape index (κ3) is 3.77. The molecule has 0 radical (unpaired) electrons. The number of ketones is 1. The Balaban J connectivity index is 1.55. The van der Waals surface area contributed by atoms with Gasteiger partial charge in [-0.1, -0.05) is 48.5 Å². The summed E-state index contributed by atoms with van der Waals surface area (Å²) in [6, 6.07) is 20.4. The molecule has 1 atom stereocenters. The highest BCUT2D eigenvalue weighted by atomic mass is 16.3. The number of allylic oxidation sites excluding steroid dienone is 1. The van der Waals surface area contributed by atoms with Crippen LogP contribution in [-0.4, -0.2) is 23.3 Å². The maximum absolute atomic E-state index is 13.2. The third-order valence-electron chi connectivity index (χ3n) is 5.11. The van der Waals surface area contributed by atoms with Crippen molar-refractivity contribution in [2.45, 2.75) is 18.4 Å². The van der Waals surface area contributed by atoms with E-state index in [4.69, 9.17) is 4.42 Å². The van der Waals surface area contributed by atoms with Crippen LogP contribution in [0.1, 0.15) is 23.3 Å². The number of para-hydroxylation sites is 1. The molecule has 0 bridgehead atoms. The van der Waals surface area contributed by atoms with Gasteiger partial charge in [0.25, 0.3) is 5.91 Å². The molecule has 4 rings (SSSR count). The molecule has 0 aliphatic carbocycles. The molecular formula is C24H21NO4. The summed E-state index contributed by atoms with van der Waals surface area (Å²) in [5.74, 6) is -0.278. The number of benzene rings is 2. The van der Waals surface area contributed by atoms with Crippen molar-refractivity contribution >= 4 is 23.5 Å². The maximum atomic E-state index is 13.2. The van der Waals surface area contributed by atoms with Crippen molar-refractivity contribution in [1.82, 2.24) is 0 Å². The van der Waals surface area contributed by atoms with Crippen molar-refractivity contribution in [3.05, 3.63) is 96.0 Å². The van der Waals surface area contributed by atoms with E-state index in [-0.39, 0.29) is 12.2 Å². The van der Waals surface area contributed by atoms with Gasteiger partial charge in [-0.25, -0.2) is 0 Å². The summed E-state index contributed by atoms with van der Waals surface area (Å²) < 4.78 is 5.17. The van der Waals surface area contributed by atoms with E-state index in [0.717, 1.165) is 5.56 Å². The molecular weight excluding hydrogens is 366 g/mol. The summed E-state index contributed by atoms with van der Waals surface area (Å²) in [5, 5.41) is 11.2. The average molecular weight is 387 g/mol. The number of carbonyl (C=O) groups excluding carboxylic acids is 2. The fourth-order valence-electron chi connectivity index (χ4n) is 3.66. The quantitative estimate of drug-likeness (QED) is 0.627. The van der Waals surface area contributed by atoms with E-state index in [1.165, 1.54) is 18.4 Å². The molecule has 1 aliphatic heterocycles. The van der Waals surface area contributed by atoms with E-state index in [1.807, 2.05) is 36.4 Å². The summed E-state index contributed by atoms with van der Waals surface area (Å²) in [5.41, 5.74) is 0.361. The Labute approximate surface area is 168 Å². The first kappa shape index (κ1) is 18.9. The molecule has 1 N–H and O–H groups in total. The molecule has 5 heteroatoms. The van der Waals surface area contributed by atoms with E-state index in [1.54, 1.807) is 35.2 Å². The van der Waals surface area contributed by atoms with Crippen LogP contribution in [0.2, 0.25) is 0 Å². The lowest BCUT2D eigenvalue weighted by Crippen LogP contribution is -2.42. The molecule has 0 spiro atoms. The zero-order valence-corrected chi connectivity index (χ0v) is 15.8. The van der Waals surface area contributed by atoms with Crippen LogP contribution in [0.3, 0.4) is 0 Å². The number of hydrogen-bond donors (Lipinski definition) is 1. The van der Waals surface area contributed by atoms with Gasteiger partial charge in [-0.2, -0.15) is 0 Å². The van der Waals surface area contributed by atoms with Crippen LogP contribution < -0.4 is 4.90 Å². The summed E-state index contributed by atoms with van der Waals surface area (Å²) >= 11 is 0. The number of carbonyl (C=O) groups is 2. The molecule has 2 aromatic carbocycles. The molecule has 146 valence electrons. The number of furan rings is 1. The van der Waals surface area contributed by atoms with Gasteiger partial charge in [0.05, 0.1) is 18.4 Å². The molecule has 2 heterocycles. The lowest BCUT2D eigenvalue weighted by atomic mass is 9.90. The Morgan fingerprint density at radius 1 is 1.03 bits per heavy atom. The number of aliphatic hydroxyl groups is 1. The molecule has 3 aromatic rings. The van der Waals surface area contributed by atoms with Gasteiger partial charge in [-0.15, -0.1) is 0 Å². The normalized spacial score (nSPS) is 18.4. The molecule has 0 saturated carbocycles. The maximum Gasteiger partial charge on any atom is 0.264 e. The van der Waals surface area contributed by atoms with Crippen LogP contribution in [0.5, 0.6) is 0 Å². The summed E-state index contributed by atoms with van der Waals surface area (Å²) in [6.07, 6.45) is 4.72. The first-order chi connectivity index (χ1) is 14.1. The minimum Gasteiger partial charge on any atom is -0.465 e. The second kappa shape index (κ2) is 7.89. The van der Waals surface area contributed by atoms with E-state index in [0.29, 0.717) is 30.0 Å². The van der Waals surface area contributed by atoms with E-state index in [2.05, 4.69) is 0 Å². The highest BCUT2D eigenvalue weighted by Gasteiger charge is 2.50. The topological polar surface area (TPSA) is 70.7 Å². The van der Waals surface area contributed by atoms with Gasteiger partial charge in [-0.3, -0.25) is 9.59 Å². The molecule has 1 aliphatic rings. The molecule has 1 amide bonds. The van der Waals surface area contributed by atoms with Gasteiger partial charge in [0.2, 0.25) is 0 Å². The standard InChI is InChI=1S/C24H21NO4/c26-19(12-13-20-9-6-16-29-20)17-24(28)21-10-4-5-11-22(21)25(23(24)27)15-14-18-7-2-1-3-8-18/h1-13,16,28H,14-15,17H2. The Morgan fingerprint density at radius 3 is 2.55 bits per heavy atom. The highest BCUT2D eigenvalue weighted by molar-refractivity contribution is 6.10. The number of rotatable bonds is 7. The Kier molecular flexibility index (Phi) is 5.14. The lowest BCUT2D eigenvalue weighted by molar-refractivity contribution is -0.140. The van der Waals surface area contributed by atoms with Crippen molar-refractivity contribution in [3.8, 4) is 0 Å². The van der Waals surface area contributed by atoms with Crippen molar-refractivity contribution in [2.75, 3.05) is 11.4 Å². The Hall–Kier alpha value is -3.44. The number of anilines is 1. The minimum absolute atomic E-state index is 0.318. The van der Waals surface area contributed by atoms with Gasteiger partial charge in [0.1, 0.15) is 5.76 Å². The summed E-state index contributed by atoms with van der Waals surface area (Å²) in [6.45, 7) is 0.429. The first-order valence-electron chi connectivity index (χ1n) is 9.50. The summed E-state index contributed by atoms with van der Waals surface area (Å²) in [7, 11) is 0. The molecule has 0 saturated heterocycles. The van der Waals surface area contributed by atoms with Gasteiger partial charge in [0.15, 0.2) is 11.4 Å². The average Bonchev–Trinajstić information content (AvgIpc) is 3.33. The van der Waals surface area contributed by atoms with Gasteiger partial charge >= 0.3 is 0 Å². The lowest BCUT2D eigenvalue weighted by Gasteiger charge is -2.22. The second-order valence-electron chi connectivity index (χ2n) is 7.06. The fourth-order valence-corrected chi connectivity index (χ4v) is 3.66. The van der Waals surface area contributed by atoms with Gasteiger partial charge < -0.3 is 14.4 Å². The molecule has 0 fully saturated rings. The largest absolute Gasteiger partial charge is 0.465 e. The van der Waals surface area contributed by atoms with Crippen molar-refractivity contribution < 1.29 is 19.1 Å². The first-order valence-corrected chi connectivity index (χ1v) is 9.50. The second-order valence-corrected chi connectivity index (χ2v) is 7.06. The van der Waals surface area contributed by atoms with E-state index < -0.39 is 11.5 Å². The van der Waals surface area contributed by atoms with Crippen LogP contribution in [0.4, 0.5) is 5.69 Å². The zero-order chi connectivity index (χ0) is 20.3. The zero-order valence-electron chi connectivity index (χ0n) is 15.8. The van der Waals surface area contributed by atoms with Crippen LogP contribution in [0.15, 0.2) is 83.5 Å². The van der Waals surface area contributed by atoms with Crippen molar-refractivity contribution in [1.29, 1.82) is 0 Å². The van der Waals surface area contributed by atoms with Gasteiger partial charge in [0, 0.05) is 12.1 Å². The Bertz CT molecular complexity index is 1040. The number of fused-ring (bicyclic) bond motifs is 1. The van der Waals surface area contributed by atoms with Crippen LogP contribution in [0.25, 0.3) is 6.08 Å². The SMILES string of the molecule is O=C(C=Cc1ccco1)CC1(O)C(=O)N(CCc2ccccc2)c2ccccc21. The molecule has 5 nitrogen and oxygen atoms in total. The molecule has 1 aromatic heterocycles. The number of amides is 1. The minimum atomic E-state index is -1.86. The predicted octanol–water partition coefficient (Wildman–Crippen LogP) is 3.73. The smallest absolute Gasteiger partial charge is 0.264 e. The van der Waals surface area contributed by atoms with E-state index >= 15 is 0 Å². The fraction of sp³-hybridized carbons (Fsp3) is 0.167. The molecule has 1 unspecified atom stereocenters. The molecule has 29 heavy (non-hydrogen) atoms. The van der Waals surface area contributed by atoms with Crippen LogP contribution in [0, 0.1) is 0 Å². The predicted molar refractivity (Wildman–Crippen MR) is 110 cm³/mol. The number of nitrogens with zero attached hydrogens (tertiary/aromatic N) is 1. The van der Waals surface area contributed by atoms with Crippen LogP contribution >= 0.6 is 0 Å². The summed E-state index contributed by atoms with van der Waals surface area (Å²) in [4.78, 5) is 27.2. The van der Waals surface area contributed by atoms with Crippen molar-refractivity contribution in [2.24, 2.45) is 0 Å². The number of hydrogen-bond acceptors (Lipinski definition) is 4. The Morgan fingerprint density at radius 2 is 1.79 bits per heavy atom. The van der Waals surface area contributed by atoms with Crippen LogP contribution in [-0.2, 0) is 21.6 Å². The highest BCUT2D eigenvalue weighted by Crippen LogP contribution is 2.42. The van der Waals surface area contributed by atoms with E-state index in [9.17, 15) is 14.7 Å².